The summed E-state index contributed by atoms with van der Waals surface area (Å²) < 4.78 is 2.04. The topological polar surface area (TPSA) is 99.6 Å². The highest BCUT2D eigenvalue weighted by atomic mass is 16.2. The molecular formula is C25H28N6O3. The number of fused-ring (bicyclic) bond motifs is 5. The molecule has 2 aliphatic heterocycles. The van der Waals surface area contributed by atoms with Gasteiger partial charge in [0.15, 0.2) is 0 Å². The molecule has 1 aromatic heterocycles. The lowest BCUT2D eigenvalue weighted by Gasteiger charge is -2.22. The average molecular weight is 461 g/mol. The number of benzene rings is 2. The number of nitrogens with one attached hydrogen (secondary N) is 2. The summed E-state index contributed by atoms with van der Waals surface area (Å²) in [4.78, 5) is 46.6. The number of hydrogen-bond acceptors (Lipinski definition) is 4. The maximum absolute atomic E-state index is 13.2. The summed E-state index contributed by atoms with van der Waals surface area (Å²) in [5.41, 5.74) is 3.18. The van der Waals surface area contributed by atoms with Gasteiger partial charge in [0.2, 0.25) is 5.95 Å². The summed E-state index contributed by atoms with van der Waals surface area (Å²) in [7, 11) is 1.80. The van der Waals surface area contributed by atoms with Crippen LogP contribution in [0.25, 0.3) is 11.0 Å². The molecule has 2 N–H and O–H groups in total. The molecule has 0 unspecified atom stereocenters. The van der Waals surface area contributed by atoms with Gasteiger partial charge in [-0.1, -0.05) is 12.1 Å². The minimum atomic E-state index is -0.339. The van der Waals surface area contributed by atoms with Crippen molar-refractivity contribution in [3.63, 3.8) is 0 Å². The van der Waals surface area contributed by atoms with Gasteiger partial charge in [0.25, 0.3) is 11.8 Å². The quantitative estimate of drug-likeness (QED) is 0.579. The van der Waals surface area contributed by atoms with E-state index in [9.17, 15) is 14.4 Å². The fourth-order valence-electron chi connectivity index (χ4n) is 4.71. The second-order valence-corrected chi connectivity index (χ2v) is 8.94. The van der Waals surface area contributed by atoms with Crippen molar-refractivity contribution < 1.29 is 14.4 Å². The highest BCUT2D eigenvalue weighted by molar-refractivity contribution is 6.07. The number of carbonyl (C=O) groups is 3. The van der Waals surface area contributed by atoms with Crippen LogP contribution in [0, 0.1) is 0 Å². The monoisotopic (exact) mass is 460 g/mol. The maximum Gasteiger partial charge on any atom is 0.324 e. The number of aromatic nitrogens is 2. The molecule has 9 nitrogen and oxygen atoms in total. The lowest BCUT2D eigenvalue weighted by Crippen LogP contribution is -2.29. The van der Waals surface area contributed by atoms with Crippen molar-refractivity contribution in [3.8, 4) is 0 Å². The molecule has 2 aliphatic rings. The molecule has 9 heteroatoms. The summed E-state index contributed by atoms with van der Waals surface area (Å²) in [6.07, 6.45) is 2.56. The number of nitrogens with zero attached hydrogens (tertiary/aromatic N) is 4. The van der Waals surface area contributed by atoms with Crippen LogP contribution in [0.3, 0.4) is 0 Å². The second kappa shape index (κ2) is 8.81. The predicted octanol–water partition coefficient (Wildman–Crippen LogP) is 3.64. The highest BCUT2D eigenvalue weighted by Gasteiger charge is 2.30. The van der Waals surface area contributed by atoms with E-state index in [2.05, 4.69) is 17.6 Å². The minimum absolute atomic E-state index is 0.0156. The van der Waals surface area contributed by atoms with E-state index < -0.39 is 0 Å². The molecule has 3 heterocycles. The van der Waals surface area contributed by atoms with E-state index in [1.807, 2.05) is 22.8 Å². The number of amides is 4. The Balaban J connectivity index is 1.63. The van der Waals surface area contributed by atoms with Gasteiger partial charge in [0, 0.05) is 43.9 Å². The summed E-state index contributed by atoms with van der Waals surface area (Å²) in [6.45, 7) is 3.92. The molecule has 0 radical (unpaired) electrons. The summed E-state index contributed by atoms with van der Waals surface area (Å²) in [5, 5.41) is 5.90. The SMILES string of the molecule is C[C@@H]1CCCCNC(=O)c2cccc(c2)C(=O)Nc2nc3cccc(N4CCN(C)C4=O)c3n21. The zero-order chi connectivity index (χ0) is 23.8. The Morgan fingerprint density at radius 3 is 2.50 bits per heavy atom. The van der Waals surface area contributed by atoms with Crippen LogP contribution in [0.4, 0.5) is 16.4 Å². The van der Waals surface area contributed by atoms with Crippen molar-refractivity contribution in [1.29, 1.82) is 0 Å². The first-order chi connectivity index (χ1) is 16.4. The molecule has 5 rings (SSSR count). The third-order valence-corrected chi connectivity index (χ3v) is 6.58. The first-order valence-electron chi connectivity index (χ1n) is 11.7. The van der Waals surface area contributed by atoms with Crippen LogP contribution < -0.4 is 15.5 Å². The molecule has 3 aromatic rings. The van der Waals surface area contributed by atoms with Gasteiger partial charge < -0.3 is 14.8 Å². The average Bonchev–Trinajstić information content (AvgIpc) is 3.37. The normalized spacial score (nSPS) is 19.6. The third kappa shape index (κ3) is 3.87. The molecule has 1 saturated heterocycles. The van der Waals surface area contributed by atoms with Crippen LogP contribution in [-0.4, -0.2) is 59.0 Å². The number of para-hydroxylation sites is 1. The van der Waals surface area contributed by atoms with Gasteiger partial charge in [0.1, 0.15) is 0 Å². The Kier molecular flexibility index (Phi) is 5.69. The van der Waals surface area contributed by atoms with Crippen LogP contribution in [0.2, 0.25) is 0 Å². The van der Waals surface area contributed by atoms with E-state index in [0.717, 1.165) is 36.0 Å². The largest absolute Gasteiger partial charge is 0.352 e. The van der Waals surface area contributed by atoms with E-state index in [-0.39, 0.29) is 23.9 Å². The smallest absolute Gasteiger partial charge is 0.324 e. The number of urea groups is 1. The van der Waals surface area contributed by atoms with Crippen molar-refractivity contribution in [2.75, 3.05) is 36.9 Å². The Hall–Kier alpha value is -3.88. The highest BCUT2D eigenvalue weighted by Crippen LogP contribution is 2.35. The first kappa shape index (κ1) is 21.9. The Morgan fingerprint density at radius 2 is 1.74 bits per heavy atom. The van der Waals surface area contributed by atoms with E-state index >= 15 is 0 Å². The van der Waals surface area contributed by atoms with Crippen LogP contribution in [0.1, 0.15) is 52.9 Å². The summed E-state index contributed by atoms with van der Waals surface area (Å²) in [6, 6.07) is 12.4. The fourth-order valence-corrected chi connectivity index (χ4v) is 4.71. The van der Waals surface area contributed by atoms with Crippen LogP contribution in [0.15, 0.2) is 42.5 Å². The maximum atomic E-state index is 13.2. The Labute approximate surface area is 197 Å². The fraction of sp³-hybridized carbons (Fsp3) is 0.360. The van der Waals surface area contributed by atoms with Crippen molar-refractivity contribution in [2.24, 2.45) is 0 Å². The van der Waals surface area contributed by atoms with E-state index in [1.165, 1.54) is 0 Å². The van der Waals surface area contributed by atoms with Gasteiger partial charge in [-0.3, -0.25) is 19.8 Å². The van der Waals surface area contributed by atoms with E-state index in [4.69, 9.17) is 4.98 Å². The first-order valence-corrected chi connectivity index (χ1v) is 11.7. The number of likely N-dealkylation sites (N-methyl/N-ethyl adjacent to an activating group) is 1. The van der Waals surface area contributed by atoms with Gasteiger partial charge in [-0.25, -0.2) is 9.78 Å². The number of carbonyl (C=O) groups excluding carboxylic acids is 3. The van der Waals surface area contributed by atoms with Crippen molar-refractivity contribution in [1.82, 2.24) is 19.8 Å². The Morgan fingerprint density at radius 1 is 0.971 bits per heavy atom. The molecule has 34 heavy (non-hydrogen) atoms. The molecule has 0 saturated carbocycles. The molecule has 1 atom stereocenters. The zero-order valence-electron chi connectivity index (χ0n) is 19.4. The van der Waals surface area contributed by atoms with Crippen molar-refractivity contribution in [2.45, 2.75) is 32.2 Å². The molecule has 4 amide bonds. The van der Waals surface area contributed by atoms with Gasteiger partial charge in [-0.15, -0.1) is 0 Å². The van der Waals surface area contributed by atoms with Crippen molar-refractivity contribution >= 4 is 40.5 Å². The van der Waals surface area contributed by atoms with Gasteiger partial charge in [-0.05, 0) is 56.5 Å². The molecule has 2 bridgehead atoms. The minimum Gasteiger partial charge on any atom is -0.352 e. The molecule has 176 valence electrons. The van der Waals surface area contributed by atoms with Crippen LogP contribution >= 0.6 is 0 Å². The number of anilines is 2. The summed E-state index contributed by atoms with van der Waals surface area (Å²) >= 11 is 0. The third-order valence-electron chi connectivity index (χ3n) is 6.58. The van der Waals surface area contributed by atoms with Gasteiger partial charge in [-0.2, -0.15) is 0 Å². The predicted molar refractivity (Wildman–Crippen MR) is 130 cm³/mol. The van der Waals surface area contributed by atoms with Crippen molar-refractivity contribution in [3.05, 3.63) is 53.6 Å². The lowest BCUT2D eigenvalue weighted by molar-refractivity contribution is 0.0953. The lowest BCUT2D eigenvalue weighted by atomic mass is 10.1. The molecule has 0 aliphatic carbocycles. The number of rotatable bonds is 1. The van der Waals surface area contributed by atoms with Crippen LogP contribution in [0.5, 0.6) is 0 Å². The van der Waals surface area contributed by atoms with Crippen LogP contribution in [-0.2, 0) is 0 Å². The van der Waals surface area contributed by atoms with E-state index in [0.29, 0.717) is 36.7 Å². The standard InChI is InChI=1S/C25H28N6O3/c1-16-7-3-4-12-26-22(32)17-8-5-9-18(15-17)23(33)28-24-27-19-10-6-11-20(21(19)31(16)24)30-14-13-29(2)25(30)34/h5-6,8-11,15-16H,3-4,7,12-14H2,1-2H3,(H,26,32)(H,27,28,33)/t16-/m1/s1. The van der Waals surface area contributed by atoms with Gasteiger partial charge >= 0.3 is 6.03 Å². The molecule has 0 spiro atoms. The Bertz CT molecular complexity index is 1280. The van der Waals surface area contributed by atoms with Gasteiger partial charge in [0.05, 0.1) is 16.7 Å². The number of hydrogen-bond donors (Lipinski definition) is 2. The summed E-state index contributed by atoms with van der Waals surface area (Å²) in [5.74, 6) is -0.0854. The number of imidazole rings is 1. The zero-order valence-corrected chi connectivity index (χ0v) is 19.4. The van der Waals surface area contributed by atoms with E-state index in [1.54, 1.807) is 41.1 Å². The molecule has 2 aromatic carbocycles. The molecular weight excluding hydrogens is 432 g/mol. The second-order valence-electron chi connectivity index (χ2n) is 8.94. The molecule has 1 fully saturated rings.